The first-order valence-corrected chi connectivity index (χ1v) is 6.98. The molecule has 1 aromatic rings. The molecule has 19 heavy (non-hydrogen) atoms. The van der Waals surface area contributed by atoms with Crippen LogP contribution in [-0.2, 0) is 4.74 Å². The molecule has 104 valence electrons. The number of likely N-dealkylation sites (N-methyl/N-ethyl adjacent to an activating group) is 1. The van der Waals surface area contributed by atoms with Crippen LogP contribution in [0, 0.1) is 0 Å². The van der Waals surface area contributed by atoms with Gasteiger partial charge in [0, 0.05) is 35.9 Å². The lowest BCUT2D eigenvalue weighted by Gasteiger charge is -2.30. The van der Waals surface area contributed by atoms with Crippen LogP contribution in [0.25, 0.3) is 0 Å². The summed E-state index contributed by atoms with van der Waals surface area (Å²) in [5.41, 5.74) is 7.37. The minimum Gasteiger partial charge on any atom is -0.389 e. The van der Waals surface area contributed by atoms with Crippen LogP contribution in [0.5, 0.6) is 0 Å². The van der Waals surface area contributed by atoms with Crippen molar-refractivity contribution in [1.29, 1.82) is 0 Å². The molecular weight excluding hydrogens is 282 g/mol. The quantitative estimate of drug-likeness (QED) is 0.829. The lowest BCUT2D eigenvalue weighted by molar-refractivity contribution is -0.0117. The smallest absolute Gasteiger partial charge is 0.106 e. The van der Waals surface area contributed by atoms with Crippen molar-refractivity contribution in [3.8, 4) is 0 Å². The standard InChI is InChI=1S/C13H18ClN3OS/c1-17-4-5-18-10(8-17)7-16-12-3-2-9(14)6-11(12)13(15)19/h2-3,6,10,16H,4-5,7-8H2,1H3,(H2,15,19). The number of hydrogen-bond donors (Lipinski definition) is 2. The van der Waals surface area contributed by atoms with Gasteiger partial charge in [-0.2, -0.15) is 0 Å². The van der Waals surface area contributed by atoms with E-state index in [0.29, 0.717) is 10.0 Å². The van der Waals surface area contributed by atoms with E-state index in [4.69, 9.17) is 34.3 Å². The molecule has 1 aliphatic rings. The molecule has 2 rings (SSSR count). The zero-order chi connectivity index (χ0) is 13.8. The summed E-state index contributed by atoms with van der Waals surface area (Å²) in [4.78, 5) is 2.60. The van der Waals surface area contributed by atoms with Crippen molar-refractivity contribution in [3.05, 3.63) is 28.8 Å². The largest absolute Gasteiger partial charge is 0.389 e. The number of nitrogens with zero attached hydrogens (tertiary/aromatic N) is 1. The first-order valence-electron chi connectivity index (χ1n) is 6.19. The maximum Gasteiger partial charge on any atom is 0.106 e. The Labute approximate surface area is 123 Å². The molecule has 1 unspecified atom stereocenters. The van der Waals surface area contributed by atoms with E-state index in [2.05, 4.69) is 17.3 Å². The highest BCUT2D eigenvalue weighted by Crippen LogP contribution is 2.21. The number of rotatable bonds is 4. The number of nitrogens with two attached hydrogens (primary N) is 1. The molecule has 1 aliphatic heterocycles. The van der Waals surface area contributed by atoms with Gasteiger partial charge in [-0.05, 0) is 25.2 Å². The Hall–Kier alpha value is -0.880. The third-order valence-corrected chi connectivity index (χ3v) is 3.56. The van der Waals surface area contributed by atoms with E-state index in [-0.39, 0.29) is 6.10 Å². The molecule has 0 bridgehead atoms. The van der Waals surface area contributed by atoms with E-state index in [1.165, 1.54) is 0 Å². The monoisotopic (exact) mass is 299 g/mol. The van der Waals surface area contributed by atoms with Gasteiger partial charge in [-0.3, -0.25) is 0 Å². The third kappa shape index (κ3) is 4.04. The van der Waals surface area contributed by atoms with Crippen molar-refractivity contribution >= 4 is 34.5 Å². The van der Waals surface area contributed by atoms with Crippen LogP contribution in [0.15, 0.2) is 18.2 Å². The van der Waals surface area contributed by atoms with Crippen LogP contribution in [0.4, 0.5) is 5.69 Å². The van der Waals surface area contributed by atoms with E-state index in [0.717, 1.165) is 37.5 Å². The van der Waals surface area contributed by atoms with E-state index in [9.17, 15) is 0 Å². The Bertz CT molecular complexity index is 469. The van der Waals surface area contributed by atoms with Crippen LogP contribution >= 0.6 is 23.8 Å². The highest BCUT2D eigenvalue weighted by Gasteiger charge is 2.17. The molecule has 0 aromatic heterocycles. The van der Waals surface area contributed by atoms with Gasteiger partial charge in [-0.1, -0.05) is 23.8 Å². The fourth-order valence-corrected chi connectivity index (χ4v) is 2.43. The summed E-state index contributed by atoms with van der Waals surface area (Å²) in [5.74, 6) is 0. The number of hydrogen-bond acceptors (Lipinski definition) is 4. The minimum atomic E-state index is 0.175. The molecule has 0 saturated carbocycles. The molecule has 3 N–H and O–H groups in total. The van der Waals surface area contributed by atoms with Gasteiger partial charge in [0.15, 0.2) is 0 Å². The second kappa shape index (κ2) is 6.52. The van der Waals surface area contributed by atoms with Crippen molar-refractivity contribution in [2.75, 3.05) is 38.6 Å². The molecule has 4 nitrogen and oxygen atoms in total. The van der Waals surface area contributed by atoms with Gasteiger partial charge in [-0.15, -0.1) is 0 Å². The second-order valence-electron chi connectivity index (χ2n) is 4.69. The van der Waals surface area contributed by atoms with E-state index in [1.807, 2.05) is 12.1 Å². The summed E-state index contributed by atoms with van der Waals surface area (Å²) in [7, 11) is 2.10. The summed E-state index contributed by atoms with van der Waals surface area (Å²) < 4.78 is 5.70. The summed E-state index contributed by atoms with van der Waals surface area (Å²) >= 11 is 11.0. The van der Waals surface area contributed by atoms with Crippen molar-refractivity contribution < 1.29 is 4.74 Å². The molecule has 1 fully saturated rings. The van der Waals surface area contributed by atoms with Gasteiger partial charge in [-0.25, -0.2) is 0 Å². The number of halogens is 1. The highest BCUT2D eigenvalue weighted by atomic mass is 35.5. The summed E-state index contributed by atoms with van der Waals surface area (Å²) in [6.45, 7) is 3.39. The number of nitrogens with one attached hydrogen (secondary N) is 1. The Kier molecular flexibility index (Phi) is 4.99. The third-order valence-electron chi connectivity index (χ3n) is 3.11. The maximum absolute atomic E-state index is 5.95. The van der Waals surface area contributed by atoms with Gasteiger partial charge >= 0.3 is 0 Å². The summed E-state index contributed by atoms with van der Waals surface area (Å²) in [6.07, 6.45) is 0.175. The summed E-state index contributed by atoms with van der Waals surface area (Å²) in [6, 6.07) is 5.49. The molecular formula is C13H18ClN3OS. The topological polar surface area (TPSA) is 50.5 Å². The van der Waals surface area contributed by atoms with Gasteiger partial charge < -0.3 is 20.7 Å². The lowest BCUT2D eigenvalue weighted by atomic mass is 10.1. The lowest BCUT2D eigenvalue weighted by Crippen LogP contribution is -2.43. The molecule has 1 atom stereocenters. The fraction of sp³-hybridized carbons (Fsp3) is 0.462. The minimum absolute atomic E-state index is 0.175. The van der Waals surface area contributed by atoms with Crippen LogP contribution in [-0.4, -0.2) is 49.3 Å². The van der Waals surface area contributed by atoms with Crippen molar-refractivity contribution in [3.63, 3.8) is 0 Å². The van der Waals surface area contributed by atoms with E-state index in [1.54, 1.807) is 6.07 Å². The van der Waals surface area contributed by atoms with Gasteiger partial charge in [0.2, 0.25) is 0 Å². The molecule has 0 radical (unpaired) electrons. The Balaban J connectivity index is 2.01. The van der Waals surface area contributed by atoms with Crippen molar-refractivity contribution in [2.45, 2.75) is 6.10 Å². The maximum atomic E-state index is 5.95. The number of ether oxygens (including phenoxy) is 1. The molecule has 1 aromatic carbocycles. The normalized spacial score (nSPS) is 20.2. The average molecular weight is 300 g/mol. The number of anilines is 1. The van der Waals surface area contributed by atoms with Gasteiger partial charge in [0.05, 0.1) is 12.7 Å². The first-order chi connectivity index (χ1) is 9.06. The van der Waals surface area contributed by atoms with Crippen molar-refractivity contribution in [2.24, 2.45) is 5.73 Å². The number of benzene rings is 1. The molecule has 1 saturated heterocycles. The predicted octanol–water partition coefficient (Wildman–Crippen LogP) is 1.72. The second-order valence-corrected chi connectivity index (χ2v) is 5.57. The SMILES string of the molecule is CN1CCOC(CNc2ccc(Cl)cc2C(N)=S)C1. The first kappa shape index (κ1) is 14.5. The average Bonchev–Trinajstić information content (AvgIpc) is 2.37. The van der Waals surface area contributed by atoms with Crippen LogP contribution in [0.2, 0.25) is 5.02 Å². The number of thiocarbonyl (C=S) groups is 1. The zero-order valence-corrected chi connectivity index (χ0v) is 12.4. The number of morpholine rings is 1. The van der Waals surface area contributed by atoms with E-state index < -0.39 is 0 Å². The molecule has 1 heterocycles. The van der Waals surface area contributed by atoms with E-state index >= 15 is 0 Å². The molecule has 0 aliphatic carbocycles. The molecule has 0 spiro atoms. The molecule has 6 heteroatoms. The Morgan fingerprint density at radius 1 is 1.63 bits per heavy atom. The summed E-state index contributed by atoms with van der Waals surface area (Å²) in [5, 5.41) is 3.96. The predicted molar refractivity (Wildman–Crippen MR) is 83.1 cm³/mol. The zero-order valence-electron chi connectivity index (χ0n) is 10.9. The van der Waals surface area contributed by atoms with Crippen LogP contribution in [0.3, 0.4) is 0 Å². The Morgan fingerprint density at radius 3 is 3.11 bits per heavy atom. The highest BCUT2D eigenvalue weighted by molar-refractivity contribution is 7.80. The Morgan fingerprint density at radius 2 is 2.42 bits per heavy atom. The van der Waals surface area contributed by atoms with Gasteiger partial charge in [0.25, 0.3) is 0 Å². The van der Waals surface area contributed by atoms with Crippen molar-refractivity contribution in [1.82, 2.24) is 4.90 Å². The van der Waals surface area contributed by atoms with Gasteiger partial charge in [0.1, 0.15) is 4.99 Å². The molecule has 0 amide bonds. The fourth-order valence-electron chi connectivity index (χ4n) is 2.09. The van der Waals surface area contributed by atoms with Crippen LogP contribution < -0.4 is 11.1 Å². The van der Waals surface area contributed by atoms with Crippen LogP contribution in [0.1, 0.15) is 5.56 Å².